The lowest BCUT2D eigenvalue weighted by atomic mass is 9.80. The second kappa shape index (κ2) is 4.71. The van der Waals surface area contributed by atoms with E-state index in [1.807, 2.05) is 0 Å². The van der Waals surface area contributed by atoms with Gasteiger partial charge in [0.15, 0.2) is 0 Å². The van der Waals surface area contributed by atoms with E-state index in [0.717, 1.165) is 19.3 Å². The summed E-state index contributed by atoms with van der Waals surface area (Å²) in [4.78, 5) is 15.8. The third kappa shape index (κ3) is 2.55. The summed E-state index contributed by atoms with van der Waals surface area (Å²) in [5.74, 6) is 0.190. The maximum atomic E-state index is 11.9. The first-order valence-electron chi connectivity index (χ1n) is 5.63. The van der Waals surface area contributed by atoms with E-state index < -0.39 is 5.60 Å². The molecule has 5 heteroatoms. The van der Waals surface area contributed by atoms with Crippen molar-refractivity contribution in [2.45, 2.75) is 24.9 Å². The number of amides is 1. The highest BCUT2D eigenvalue weighted by atomic mass is 16.5. The molecular weight excluding hydrogens is 220 g/mol. The van der Waals surface area contributed by atoms with Gasteiger partial charge in [0.1, 0.15) is 5.75 Å². The summed E-state index contributed by atoms with van der Waals surface area (Å²) >= 11 is 0. The van der Waals surface area contributed by atoms with E-state index in [9.17, 15) is 9.90 Å². The lowest BCUT2D eigenvalue weighted by molar-refractivity contribution is -0.0300. The highest BCUT2D eigenvalue weighted by Crippen LogP contribution is 2.30. The summed E-state index contributed by atoms with van der Waals surface area (Å²) in [7, 11) is 1.49. The first-order chi connectivity index (χ1) is 8.14. The number of methoxy groups -OCH3 is 1. The van der Waals surface area contributed by atoms with Crippen LogP contribution in [0.4, 0.5) is 0 Å². The lowest BCUT2D eigenvalue weighted by Gasteiger charge is -2.36. The monoisotopic (exact) mass is 236 g/mol. The molecule has 1 aromatic heterocycles. The van der Waals surface area contributed by atoms with E-state index in [2.05, 4.69) is 10.3 Å². The van der Waals surface area contributed by atoms with Gasteiger partial charge in [0.05, 0.1) is 24.5 Å². The van der Waals surface area contributed by atoms with Crippen molar-refractivity contribution >= 4 is 5.91 Å². The second-order valence-corrected chi connectivity index (χ2v) is 4.34. The van der Waals surface area contributed by atoms with Crippen LogP contribution in [-0.4, -0.2) is 35.3 Å². The molecule has 0 aromatic carbocycles. The molecule has 0 saturated heterocycles. The number of nitrogens with zero attached hydrogens (tertiary/aromatic N) is 1. The third-order valence-electron chi connectivity index (χ3n) is 3.11. The Balaban J connectivity index is 1.99. The Morgan fingerprint density at radius 3 is 3.00 bits per heavy atom. The maximum absolute atomic E-state index is 11.9. The molecule has 2 N–H and O–H groups in total. The molecule has 1 aromatic rings. The molecule has 1 aliphatic rings. The Bertz CT molecular complexity index is 416. The van der Waals surface area contributed by atoms with Crippen molar-refractivity contribution in [3.05, 3.63) is 24.0 Å². The number of nitrogens with one attached hydrogen (secondary N) is 1. The van der Waals surface area contributed by atoms with Gasteiger partial charge in [-0.2, -0.15) is 0 Å². The number of hydrogen-bond acceptors (Lipinski definition) is 4. The van der Waals surface area contributed by atoms with E-state index in [0.29, 0.717) is 11.3 Å². The largest absolute Gasteiger partial charge is 0.494 e. The van der Waals surface area contributed by atoms with Crippen molar-refractivity contribution in [3.8, 4) is 5.75 Å². The molecule has 0 atom stereocenters. The molecule has 0 bridgehead atoms. The molecule has 0 aliphatic heterocycles. The highest BCUT2D eigenvalue weighted by Gasteiger charge is 2.34. The van der Waals surface area contributed by atoms with Crippen LogP contribution in [0, 0.1) is 0 Å². The fraction of sp³-hybridized carbons (Fsp3) is 0.500. The second-order valence-electron chi connectivity index (χ2n) is 4.34. The number of pyridine rings is 1. The number of carbonyl (C=O) groups is 1. The molecule has 2 rings (SSSR count). The minimum absolute atomic E-state index is 0.246. The van der Waals surface area contributed by atoms with Crippen LogP contribution in [0.1, 0.15) is 29.6 Å². The van der Waals surface area contributed by atoms with E-state index >= 15 is 0 Å². The topological polar surface area (TPSA) is 71.5 Å². The standard InChI is InChI=1S/C12H16N2O3/c1-17-10-7-13-6-3-9(10)11(15)14-8-12(16)4-2-5-12/h3,6-7,16H,2,4-5,8H2,1H3,(H,14,15). The average molecular weight is 236 g/mol. The van der Waals surface area contributed by atoms with Gasteiger partial charge in [0.2, 0.25) is 0 Å². The molecule has 92 valence electrons. The van der Waals surface area contributed by atoms with E-state index in [-0.39, 0.29) is 12.5 Å². The smallest absolute Gasteiger partial charge is 0.255 e. The van der Waals surface area contributed by atoms with Gasteiger partial charge in [-0.1, -0.05) is 0 Å². The Morgan fingerprint density at radius 2 is 2.41 bits per heavy atom. The van der Waals surface area contributed by atoms with Gasteiger partial charge in [-0.15, -0.1) is 0 Å². The Hall–Kier alpha value is -1.62. The lowest BCUT2D eigenvalue weighted by Crippen LogP contribution is -2.47. The number of ether oxygens (including phenoxy) is 1. The summed E-state index contributed by atoms with van der Waals surface area (Å²) in [5, 5.41) is 12.6. The molecular formula is C12H16N2O3. The number of carbonyl (C=O) groups excluding carboxylic acids is 1. The highest BCUT2D eigenvalue weighted by molar-refractivity contribution is 5.96. The number of hydrogen-bond donors (Lipinski definition) is 2. The molecule has 17 heavy (non-hydrogen) atoms. The van der Waals surface area contributed by atoms with Crippen LogP contribution in [0.3, 0.4) is 0 Å². The van der Waals surface area contributed by atoms with Crippen molar-refractivity contribution in [1.82, 2.24) is 10.3 Å². The van der Waals surface area contributed by atoms with E-state index in [1.54, 1.807) is 6.07 Å². The summed E-state index contributed by atoms with van der Waals surface area (Å²) in [6.07, 6.45) is 5.55. The molecule has 1 amide bonds. The average Bonchev–Trinajstić information content (AvgIpc) is 2.33. The van der Waals surface area contributed by atoms with Gasteiger partial charge in [-0.25, -0.2) is 0 Å². The van der Waals surface area contributed by atoms with Crippen LogP contribution in [0.25, 0.3) is 0 Å². The first-order valence-corrected chi connectivity index (χ1v) is 5.63. The summed E-state index contributed by atoms with van der Waals surface area (Å²) < 4.78 is 5.05. The minimum atomic E-state index is -0.712. The predicted octanol–water partition coefficient (Wildman–Crippen LogP) is 0.735. The zero-order valence-electron chi connectivity index (χ0n) is 9.77. The minimum Gasteiger partial charge on any atom is -0.494 e. The van der Waals surface area contributed by atoms with Crippen LogP contribution in [0.15, 0.2) is 18.5 Å². The van der Waals surface area contributed by atoms with Gasteiger partial charge >= 0.3 is 0 Å². The number of aromatic nitrogens is 1. The van der Waals surface area contributed by atoms with Gasteiger partial charge in [-0.05, 0) is 25.3 Å². The first kappa shape index (κ1) is 11.9. The number of rotatable bonds is 4. The van der Waals surface area contributed by atoms with Crippen LogP contribution in [0.2, 0.25) is 0 Å². The quantitative estimate of drug-likeness (QED) is 0.808. The number of aliphatic hydroxyl groups is 1. The van der Waals surface area contributed by atoms with Crippen molar-refractivity contribution in [2.75, 3.05) is 13.7 Å². The Labute approximate surface area is 99.8 Å². The molecule has 0 unspecified atom stereocenters. The van der Waals surface area contributed by atoms with Gasteiger partial charge in [-0.3, -0.25) is 9.78 Å². The zero-order chi connectivity index (χ0) is 12.3. The van der Waals surface area contributed by atoms with Crippen molar-refractivity contribution < 1.29 is 14.6 Å². The van der Waals surface area contributed by atoms with Gasteiger partial charge in [0.25, 0.3) is 5.91 Å². The summed E-state index contributed by atoms with van der Waals surface area (Å²) in [6, 6.07) is 1.60. The van der Waals surface area contributed by atoms with Crippen molar-refractivity contribution in [2.24, 2.45) is 0 Å². The molecule has 1 heterocycles. The van der Waals surface area contributed by atoms with Crippen LogP contribution in [0.5, 0.6) is 5.75 Å². The molecule has 0 spiro atoms. The molecule has 1 saturated carbocycles. The summed E-state index contributed by atoms with van der Waals surface area (Å²) in [5.41, 5.74) is -0.277. The van der Waals surface area contributed by atoms with Crippen molar-refractivity contribution in [3.63, 3.8) is 0 Å². The van der Waals surface area contributed by atoms with Crippen LogP contribution < -0.4 is 10.1 Å². The zero-order valence-corrected chi connectivity index (χ0v) is 9.77. The fourth-order valence-corrected chi connectivity index (χ4v) is 1.83. The van der Waals surface area contributed by atoms with Crippen LogP contribution >= 0.6 is 0 Å². The van der Waals surface area contributed by atoms with Crippen molar-refractivity contribution in [1.29, 1.82) is 0 Å². The molecule has 1 fully saturated rings. The van der Waals surface area contributed by atoms with Crippen LogP contribution in [-0.2, 0) is 0 Å². The maximum Gasteiger partial charge on any atom is 0.255 e. The van der Waals surface area contributed by atoms with E-state index in [1.165, 1.54) is 19.5 Å². The van der Waals surface area contributed by atoms with E-state index in [4.69, 9.17) is 4.74 Å². The van der Waals surface area contributed by atoms with Gasteiger partial charge < -0.3 is 15.2 Å². The summed E-state index contributed by atoms with van der Waals surface area (Å²) in [6.45, 7) is 0.289. The predicted molar refractivity (Wildman–Crippen MR) is 61.9 cm³/mol. The molecule has 5 nitrogen and oxygen atoms in total. The van der Waals surface area contributed by atoms with Gasteiger partial charge in [0, 0.05) is 12.7 Å². The molecule has 0 radical (unpaired) electrons. The fourth-order valence-electron chi connectivity index (χ4n) is 1.83. The Morgan fingerprint density at radius 1 is 1.65 bits per heavy atom. The molecule has 1 aliphatic carbocycles. The Kier molecular flexibility index (Phi) is 3.28. The SMILES string of the molecule is COc1cnccc1C(=O)NCC1(O)CCC1. The third-order valence-corrected chi connectivity index (χ3v) is 3.11. The normalized spacial score (nSPS) is 17.1.